The molecule has 668 valence electrons. The van der Waals surface area contributed by atoms with Crippen LogP contribution in [0.2, 0.25) is 0 Å². The molecule has 0 radical (unpaired) electrons. The van der Waals surface area contributed by atoms with Crippen molar-refractivity contribution in [1.82, 2.24) is 44.2 Å². The van der Waals surface area contributed by atoms with Crippen LogP contribution in [0.25, 0.3) is 66.9 Å². The molecule has 4 aliphatic heterocycles. The Labute approximate surface area is 748 Å². The Morgan fingerprint density at radius 3 is 1.40 bits per heavy atom. The second kappa shape index (κ2) is 38.1. The number of rotatable bonds is 21. The molecule has 126 heavy (non-hydrogen) atoms. The summed E-state index contributed by atoms with van der Waals surface area (Å²) in [4.78, 5) is 126. The Morgan fingerprint density at radius 2 is 1.01 bits per heavy atom. The number of thiazole rings is 1. The van der Waals surface area contributed by atoms with Crippen molar-refractivity contribution < 1.29 is 78.2 Å². The van der Waals surface area contributed by atoms with Gasteiger partial charge in [-0.2, -0.15) is 9.97 Å². The largest absolute Gasteiger partial charge is 0.491 e. The number of halogens is 1. The normalized spacial score (nSPS) is 25.1. The first-order valence-electron chi connectivity index (χ1n) is 44.0. The summed E-state index contributed by atoms with van der Waals surface area (Å²) >= 11 is 12.1. The van der Waals surface area contributed by atoms with Crippen molar-refractivity contribution in [1.29, 1.82) is 0 Å². The van der Waals surface area contributed by atoms with E-state index in [1.54, 1.807) is 28.1 Å². The van der Waals surface area contributed by atoms with E-state index in [1.165, 1.54) is 6.92 Å². The fourth-order valence-corrected chi connectivity index (χ4v) is 21.5. The molecule has 4 aliphatic carbocycles. The van der Waals surface area contributed by atoms with Crippen molar-refractivity contribution in [3.8, 4) is 46.0 Å². The number of furan rings is 2. The van der Waals surface area contributed by atoms with Crippen LogP contribution in [0.1, 0.15) is 192 Å². The van der Waals surface area contributed by atoms with E-state index in [1.807, 2.05) is 157 Å². The molecule has 2 saturated heterocycles. The van der Waals surface area contributed by atoms with Crippen LogP contribution in [-0.4, -0.2) is 163 Å². The number of sulfonamides is 2. The number of ether oxygens (including phenoxy) is 4. The van der Waals surface area contributed by atoms with Gasteiger partial charge in [-0.1, -0.05) is 86.5 Å². The Bertz CT molecular complexity index is 5920. The molecule has 17 rings (SSSR count). The third-order valence-electron chi connectivity index (χ3n) is 25.1. The molecule has 5 aromatic heterocycles. The van der Waals surface area contributed by atoms with Crippen LogP contribution in [0.4, 0.5) is 0 Å². The van der Waals surface area contributed by atoms with E-state index in [-0.39, 0.29) is 121 Å². The lowest BCUT2D eigenvalue weighted by molar-refractivity contribution is -0.142. The highest BCUT2D eigenvalue weighted by Crippen LogP contribution is 2.59. The van der Waals surface area contributed by atoms with Crippen molar-refractivity contribution in [3.05, 3.63) is 137 Å². The van der Waals surface area contributed by atoms with Gasteiger partial charge in [0.2, 0.25) is 54.8 Å². The number of nitrogens with one attached hydrogen (secondary N) is 2. The number of ketones is 3. The van der Waals surface area contributed by atoms with E-state index in [2.05, 4.69) is 15.5 Å². The standard InChI is InChI=1S/C47H53N5O8S2.C43H49N5O8S2.C4H7ClO/c1-27(2)58-33-18-16-30(17-19-33)43-49-41-36-14-10-11-15-39(36)60-42(41)44(50-43)59-34-23-37-38(53)25-47(46(55)51-62(56,57)35-20-21-35)24-32(47)13-9-7-5-6-8-12-31(45(54)52(37)26-34)22-40-48-28(3)29(4)61-40;1-25(2)54-29-16-14-26(15-17-29)39-45-37-32-12-8-9-13-35(32)56-38(37)40(46-39)55-30-21-33-34(49)23-43(42(51)47-58(52,53)31-18-19-31)22-28(43)11-7-5-3-4-6-10-27(20-36(44)57)41(50)48(33)24-30;1-3(5)4(2)6/h9-11,13-19,27,31-32,34-35,37H,5-8,12,20-26H2,1-4H3,(H,51,55);7-9,11-17,25,27-28,30-31,33H,3-6,10,18-24H2,1-2H3,(H2,44,57)(H,47,51);3H,1-2H3/b13-9-;11-7-;/t31-,32-,34-,37+,47-;27-,28-,30-,33+,43-;/m11./s1. The number of thiocarbonyl (C=S) groups is 1. The molecule has 4 saturated carbocycles. The second-order valence-electron chi connectivity index (χ2n) is 35.5. The quantitative estimate of drug-likeness (QED) is 0.0342. The minimum atomic E-state index is -3.85. The number of fused-ring (bicyclic) bond motifs is 10. The number of carbonyl (C=O) groups is 7. The van der Waals surface area contributed by atoms with Gasteiger partial charge in [-0.3, -0.25) is 43.0 Å². The predicted molar refractivity (Wildman–Crippen MR) is 485 cm³/mol. The molecule has 1 unspecified atom stereocenters. The smallest absolute Gasteiger partial charge is 0.262 e. The van der Waals surface area contributed by atoms with Crippen LogP contribution in [0.15, 0.2) is 130 Å². The van der Waals surface area contributed by atoms with Gasteiger partial charge in [0.25, 0.3) is 11.8 Å². The first kappa shape index (κ1) is 90.7. The Balaban J connectivity index is 0.000000183. The van der Waals surface area contributed by atoms with Crippen molar-refractivity contribution in [2.45, 2.75) is 249 Å². The Kier molecular flexibility index (Phi) is 27.4. The highest BCUT2D eigenvalue weighted by atomic mass is 35.5. The average Bonchev–Trinajstić information content (AvgIpc) is 1.57. The zero-order valence-corrected chi connectivity index (χ0v) is 76.2. The van der Waals surface area contributed by atoms with Crippen molar-refractivity contribution >= 4 is 145 Å². The maximum Gasteiger partial charge on any atom is 0.262 e. The van der Waals surface area contributed by atoms with Gasteiger partial charge in [-0.25, -0.2) is 31.8 Å². The summed E-state index contributed by atoms with van der Waals surface area (Å²) in [6, 6.07) is 28.2. The summed E-state index contributed by atoms with van der Waals surface area (Å²) in [5.74, 6) is -1.31. The van der Waals surface area contributed by atoms with E-state index in [0.717, 1.165) is 94.6 Å². The molecule has 32 heteroatoms. The van der Waals surface area contributed by atoms with Gasteiger partial charge in [-0.15, -0.1) is 22.9 Å². The minimum Gasteiger partial charge on any atom is -0.491 e. The SMILES string of the molecule is CC(=O)C(C)Cl.CC(C)Oc1ccc(-c2nc(O[C@@H]3C[C@H]4C(=O)C[C@]5(C(=O)NS(=O)(=O)C6CC6)C[C@H]5/C=C\CCCCC[C@H](CC(N)=S)C(=O)N4C3)c3oc4ccccc4c3n2)cc1.Cc1nc(C[C@H]2CCCCC/C=C\[C@@H]3C[C@@]3(C(=O)NS(=O)(=O)C3CC3)CC(=O)[C@@H]3C[C@@H](Oc4nc(-c5ccc(OC(C)C)cc5)nc5c4oc4ccccc45)CN3C2=O)sc1C. The first-order chi connectivity index (χ1) is 60.2. The highest BCUT2D eigenvalue weighted by molar-refractivity contribution is 7.91. The number of carbonyl (C=O) groups excluding carboxylic acids is 7. The number of nitrogens with zero attached hydrogens (tertiary/aromatic N) is 7. The van der Waals surface area contributed by atoms with Gasteiger partial charge in [0.05, 0.1) is 79.8 Å². The minimum absolute atomic E-state index is 0.00558. The van der Waals surface area contributed by atoms with Crippen LogP contribution >= 0.6 is 35.2 Å². The first-order valence-corrected chi connectivity index (χ1v) is 48.7. The third kappa shape index (κ3) is 20.9. The number of hydrogen-bond donors (Lipinski definition) is 3. The maximum atomic E-state index is 15.0. The molecule has 0 spiro atoms. The number of nitrogens with two attached hydrogens (primary N) is 1. The van der Waals surface area contributed by atoms with Crippen LogP contribution in [0.5, 0.6) is 23.3 Å². The van der Waals surface area contributed by atoms with E-state index in [4.69, 9.17) is 82.3 Å². The average molecular weight is 1810 g/mol. The van der Waals surface area contributed by atoms with Crippen LogP contribution < -0.4 is 34.1 Å². The summed E-state index contributed by atoms with van der Waals surface area (Å²) < 4.78 is 94.4. The van der Waals surface area contributed by atoms with Gasteiger partial charge < -0.3 is 43.3 Å². The van der Waals surface area contributed by atoms with Gasteiger partial charge in [0.15, 0.2) is 23.2 Å². The van der Waals surface area contributed by atoms with Gasteiger partial charge in [-0.05, 0) is 217 Å². The molecule has 9 heterocycles. The topological polar surface area (TPSA) is 372 Å². The summed E-state index contributed by atoms with van der Waals surface area (Å²) in [6.45, 7) is 15.1. The number of para-hydroxylation sites is 2. The van der Waals surface area contributed by atoms with Gasteiger partial charge >= 0.3 is 0 Å². The van der Waals surface area contributed by atoms with Gasteiger partial charge in [0, 0.05) is 77.1 Å². The molecule has 6 fully saturated rings. The molecule has 27 nitrogen and oxygen atoms in total. The molecule has 9 aromatic rings. The number of hydrogen-bond acceptors (Lipinski definition) is 24. The molecule has 4 amide bonds. The molecule has 11 atom stereocenters. The molecule has 8 aliphatic rings. The zero-order valence-electron chi connectivity index (χ0n) is 72.2. The Hall–Kier alpha value is -10.1. The third-order valence-corrected chi connectivity index (χ3v) is 30.3. The second-order valence-corrected chi connectivity index (χ2v) is 41.9. The van der Waals surface area contributed by atoms with E-state index >= 15 is 4.79 Å². The fourth-order valence-electron chi connectivity index (χ4n) is 17.5. The highest BCUT2D eigenvalue weighted by Gasteiger charge is 2.63. The van der Waals surface area contributed by atoms with E-state index < -0.39 is 89.3 Å². The number of aromatic nitrogens is 5. The number of alkyl halides is 1. The molecular formula is C94H109ClN10O17S4. The van der Waals surface area contributed by atoms with E-state index in [9.17, 15) is 45.6 Å². The summed E-state index contributed by atoms with van der Waals surface area (Å²) in [7, 11) is -7.70. The summed E-state index contributed by atoms with van der Waals surface area (Å²) in [5, 5.41) is 0.948. The fraction of sp³-hybridized carbons (Fsp3) is 0.500. The molecule has 0 bridgehead atoms. The van der Waals surface area contributed by atoms with Crippen LogP contribution in [0.3, 0.4) is 0 Å². The molecule has 4 N–H and O–H groups in total. The summed E-state index contributed by atoms with van der Waals surface area (Å²) in [5.41, 5.74) is 8.97. The molecular weight excluding hydrogens is 1700 g/mol. The lowest BCUT2D eigenvalue weighted by Gasteiger charge is -2.29. The van der Waals surface area contributed by atoms with Crippen molar-refractivity contribution in [2.24, 2.45) is 40.2 Å². The number of allylic oxidation sites excluding steroid dienone is 4. The lowest BCUT2D eigenvalue weighted by Crippen LogP contribution is -2.46. The number of benzene rings is 4. The van der Waals surface area contributed by atoms with Gasteiger partial charge in [0.1, 0.15) is 51.7 Å². The molecule has 4 aromatic carbocycles. The van der Waals surface area contributed by atoms with E-state index in [0.29, 0.717) is 109 Å². The maximum absolute atomic E-state index is 15.0. The number of aryl methyl sites for hydroxylation is 2. The lowest BCUT2D eigenvalue weighted by atomic mass is 9.90. The zero-order chi connectivity index (χ0) is 89.3. The Morgan fingerprint density at radius 1 is 0.587 bits per heavy atom. The van der Waals surface area contributed by atoms with Crippen LogP contribution in [0, 0.1) is 48.3 Å². The van der Waals surface area contributed by atoms with Crippen molar-refractivity contribution in [2.75, 3.05) is 13.1 Å². The van der Waals surface area contributed by atoms with Crippen LogP contribution in [-0.2, 0) is 60.0 Å². The predicted octanol–water partition coefficient (Wildman–Crippen LogP) is 16.0. The number of amides is 4. The monoisotopic (exact) mass is 1810 g/mol. The number of Topliss-reactive ketones (excluding diaryl/α,β-unsaturated/α-hetero) is 3. The van der Waals surface area contributed by atoms with Crippen molar-refractivity contribution in [3.63, 3.8) is 0 Å². The summed E-state index contributed by atoms with van der Waals surface area (Å²) in [6.07, 6.45) is 17.7.